The predicted octanol–water partition coefficient (Wildman–Crippen LogP) is 1.54. The molecule has 0 aliphatic carbocycles. The van der Waals surface area contributed by atoms with Gasteiger partial charge in [0.2, 0.25) is 0 Å². The summed E-state index contributed by atoms with van der Waals surface area (Å²) in [6.45, 7) is 1.84. The molecule has 0 radical (unpaired) electrons. The molecule has 1 aliphatic heterocycles. The van der Waals surface area contributed by atoms with E-state index in [-0.39, 0.29) is 18.8 Å². The third-order valence-corrected chi connectivity index (χ3v) is 2.31. The average molecular weight is 191 g/mol. The quantitative estimate of drug-likeness (QED) is 0.770. The minimum atomic E-state index is -0.155. The molecule has 0 aromatic heterocycles. The van der Waals surface area contributed by atoms with Gasteiger partial charge in [0.1, 0.15) is 12.1 Å². The lowest BCUT2D eigenvalue weighted by Crippen LogP contribution is -2.17. The fraction of sp³-hybridized carbons (Fsp3) is 0.364. The maximum atomic E-state index is 9.13. The molecule has 2 atom stereocenters. The zero-order chi connectivity index (χ0) is 9.97. The summed E-state index contributed by atoms with van der Waals surface area (Å²) in [7, 11) is 0. The van der Waals surface area contributed by atoms with Crippen molar-refractivity contribution in [3.63, 3.8) is 0 Å². The molecule has 0 spiro atoms. The maximum absolute atomic E-state index is 9.13. The first-order chi connectivity index (χ1) is 6.81. The molecule has 0 amide bonds. The summed E-state index contributed by atoms with van der Waals surface area (Å²) in [4.78, 5) is 4.21. The number of ether oxygens (including phenoxy) is 1. The molecular weight excluding hydrogens is 178 g/mol. The zero-order valence-electron chi connectivity index (χ0n) is 8.05. The molecule has 0 saturated heterocycles. The SMILES string of the molecule is CC1=NC(CO)[C@H](c2ccccc2)O1. The summed E-state index contributed by atoms with van der Waals surface area (Å²) >= 11 is 0. The Bertz CT molecular complexity index is 334. The molecule has 1 aliphatic rings. The lowest BCUT2D eigenvalue weighted by molar-refractivity contribution is 0.150. The first-order valence-electron chi connectivity index (χ1n) is 4.68. The van der Waals surface area contributed by atoms with Gasteiger partial charge >= 0.3 is 0 Å². The number of hydrogen-bond donors (Lipinski definition) is 1. The van der Waals surface area contributed by atoms with Crippen molar-refractivity contribution in [1.82, 2.24) is 0 Å². The lowest BCUT2D eigenvalue weighted by Gasteiger charge is -2.15. The maximum Gasteiger partial charge on any atom is 0.181 e. The Morgan fingerprint density at radius 1 is 1.36 bits per heavy atom. The number of benzene rings is 1. The van der Waals surface area contributed by atoms with Gasteiger partial charge in [-0.3, -0.25) is 0 Å². The van der Waals surface area contributed by atoms with Crippen LogP contribution >= 0.6 is 0 Å². The van der Waals surface area contributed by atoms with Crippen LogP contribution in [0.15, 0.2) is 35.3 Å². The van der Waals surface area contributed by atoms with Crippen molar-refractivity contribution >= 4 is 5.90 Å². The van der Waals surface area contributed by atoms with Crippen LogP contribution in [0.25, 0.3) is 0 Å². The van der Waals surface area contributed by atoms with Gasteiger partial charge in [-0.05, 0) is 5.56 Å². The van der Waals surface area contributed by atoms with Crippen LogP contribution in [0.2, 0.25) is 0 Å². The van der Waals surface area contributed by atoms with Crippen molar-refractivity contribution < 1.29 is 9.84 Å². The highest BCUT2D eigenvalue weighted by Crippen LogP contribution is 2.28. The minimum Gasteiger partial charge on any atom is -0.471 e. The van der Waals surface area contributed by atoms with Crippen molar-refractivity contribution in [2.75, 3.05) is 6.61 Å². The molecule has 1 aromatic rings. The van der Waals surface area contributed by atoms with Gasteiger partial charge in [0.05, 0.1) is 6.61 Å². The van der Waals surface area contributed by atoms with Crippen molar-refractivity contribution in [1.29, 1.82) is 0 Å². The van der Waals surface area contributed by atoms with Gasteiger partial charge < -0.3 is 9.84 Å². The summed E-state index contributed by atoms with van der Waals surface area (Å²) < 4.78 is 5.54. The van der Waals surface area contributed by atoms with Gasteiger partial charge in [0.25, 0.3) is 0 Å². The number of aliphatic imine (C=N–C) groups is 1. The van der Waals surface area contributed by atoms with Gasteiger partial charge in [0.15, 0.2) is 5.90 Å². The van der Waals surface area contributed by atoms with Gasteiger partial charge in [-0.25, -0.2) is 4.99 Å². The third-order valence-electron chi connectivity index (χ3n) is 2.31. The van der Waals surface area contributed by atoms with Gasteiger partial charge in [-0.2, -0.15) is 0 Å². The highest BCUT2D eigenvalue weighted by Gasteiger charge is 2.29. The summed E-state index contributed by atoms with van der Waals surface area (Å²) in [6.07, 6.45) is -0.124. The van der Waals surface area contributed by atoms with Gasteiger partial charge in [-0.1, -0.05) is 30.3 Å². The van der Waals surface area contributed by atoms with E-state index in [1.807, 2.05) is 37.3 Å². The monoisotopic (exact) mass is 191 g/mol. The van der Waals surface area contributed by atoms with Crippen molar-refractivity contribution in [3.05, 3.63) is 35.9 Å². The summed E-state index contributed by atoms with van der Waals surface area (Å²) in [5, 5.41) is 9.13. The Labute approximate surface area is 83.1 Å². The number of nitrogens with zero attached hydrogens (tertiary/aromatic N) is 1. The molecule has 1 heterocycles. The second kappa shape index (κ2) is 3.80. The normalized spacial score (nSPS) is 25.7. The minimum absolute atomic E-state index is 0.0247. The van der Waals surface area contributed by atoms with Crippen molar-refractivity contribution in [2.24, 2.45) is 4.99 Å². The van der Waals surface area contributed by atoms with E-state index in [4.69, 9.17) is 9.84 Å². The summed E-state index contributed by atoms with van der Waals surface area (Å²) in [5.41, 5.74) is 1.06. The highest BCUT2D eigenvalue weighted by molar-refractivity contribution is 5.75. The lowest BCUT2D eigenvalue weighted by atomic mass is 10.0. The predicted molar refractivity (Wildman–Crippen MR) is 54.3 cm³/mol. The van der Waals surface area contributed by atoms with Crippen molar-refractivity contribution in [3.8, 4) is 0 Å². The molecule has 3 nitrogen and oxygen atoms in total. The van der Waals surface area contributed by atoms with Crippen LogP contribution in [-0.4, -0.2) is 23.7 Å². The van der Waals surface area contributed by atoms with Crippen LogP contribution in [-0.2, 0) is 4.74 Å². The zero-order valence-corrected chi connectivity index (χ0v) is 8.05. The molecule has 74 valence electrons. The van der Waals surface area contributed by atoms with Crippen LogP contribution < -0.4 is 0 Å². The van der Waals surface area contributed by atoms with E-state index < -0.39 is 0 Å². The van der Waals surface area contributed by atoms with Crippen molar-refractivity contribution in [2.45, 2.75) is 19.1 Å². The summed E-state index contributed by atoms with van der Waals surface area (Å²) in [5.74, 6) is 0.651. The molecule has 2 rings (SSSR count). The molecule has 1 aromatic carbocycles. The number of hydrogen-bond acceptors (Lipinski definition) is 3. The van der Waals surface area contributed by atoms with Crippen LogP contribution in [0.1, 0.15) is 18.6 Å². The Balaban J connectivity index is 2.21. The molecule has 1 N–H and O–H groups in total. The number of aliphatic hydroxyl groups excluding tert-OH is 1. The fourth-order valence-corrected chi connectivity index (χ4v) is 1.66. The van der Waals surface area contributed by atoms with E-state index >= 15 is 0 Å². The Morgan fingerprint density at radius 2 is 2.07 bits per heavy atom. The fourth-order valence-electron chi connectivity index (χ4n) is 1.66. The topological polar surface area (TPSA) is 41.8 Å². The van der Waals surface area contributed by atoms with Crippen LogP contribution in [0.5, 0.6) is 0 Å². The van der Waals surface area contributed by atoms with E-state index in [0.29, 0.717) is 5.90 Å². The second-order valence-electron chi connectivity index (χ2n) is 3.35. The largest absolute Gasteiger partial charge is 0.471 e. The number of aliphatic hydroxyl groups is 1. The van der Waals surface area contributed by atoms with Crippen LogP contribution in [0.4, 0.5) is 0 Å². The average Bonchev–Trinajstić information content (AvgIpc) is 2.61. The van der Waals surface area contributed by atoms with E-state index in [0.717, 1.165) is 5.56 Å². The van der Waals surface area contributed by atoms with E-state index in [1.54, 1.807) is 0 Å². The molecule has 0 bridgehead atoms. The number of rotatable bonds is 2. The van der Waals surface area contributed by atoms with Crippen LogP contribution in [0, 0.1) is 0 Å². The first kappa shape index (κ1) is 9.21. The Morgan fingerprint density at radius 3 is 2.71 bits per heavy atom. The molecular formula is C11H13NO2. The van der Waals surface area contributed by atoms with Crippen LogP contribution in [0.3, 0.4) is 0 Å². The van der Waals surface area contributed by atoms with E-state index in [1.165, 1.54) is 0 Å². The second-order valence-corrected chi connectivity index (χ2v) is 3.35. The Hall–Kier alpha value is -1.35. The molecule has 0 saturated carbocycles. The molecule has 3 heteroatoms. The van der Waals surface area contributed by atoms with E-state index in [9.17, 15) is 0 Å². The standard InChI is InChI=1S/C11H13NO2/c1-8-12-10(7-13)11(14-8)9-5-3-2-4-6-9/h2-6,10-11,13H,7H2,1H3/t10?,11-/m0/s1. The van der Waals surface area contributed by atoms with Gasteiger partial charge in [0, 0.05) is 6.92 Å². The molecule has 14 heavy (non-hydrogen) atoms. The Kier molecular flexibility index (Phi) is 2.50. The highest BCUT2D eigenvalue weighted by atomic mass is 16.5. The van der Waals surface area contributed by atoms with Gasteiger partial charge in [-0.15, -0.1) is 0 Å². The smallest absolute Gasteiger partial charge is 0.181 e. The molecule has 1 unspecified atom stereocenters. The molecule has 0 fully saturated rings. The van der Waals surface area contributed by atoms with E-state index in [2.05, 4.69) is 4.99 Å². The first-order valence-corrected chi connectivity index (χ1v) is 4.68. The third kappa shape index (κ3) is 1.63. The summed E-state index contributed by atoms with van der Waals surface area (Å²) in [6, 6.07) is 9.70.